The van der Waals surface area contributed by atoms with Crippen LogP contribution in [-0.4, -0.2) is 24.7 Å². The van der Waals surface area contributed by atoms with Gasteiger partial charge in [0.25, 0.3) is 5.69 Å². The molecule has 0 N–H and O–H groups in total. The molecule has 0 aliphatic rings. The van der Waals surface area contributed by atoms with Gasteiger partial charge in [0.15, 0.2) is 0 Å². The zero-order valence-electron chi connectivity index (χ0n) is 12.5. The Balaban J connectivity index is 2.37. The summed E-state index contributed by atoms with van der Waals surface area (Å²) in [6.45, 7) is 1.67. The lowest BCUT2D eigenvalue weighted by molar-refractivity contribution is -0.384. The number of nitro groups is 1. The number of halogens is 1. The third kappa shape index (κ3) is 3.69. The summed E-state index contributed by atoms with van der Waals surface area (Å²) in [5, 5.41) is 11.2. The van der Waals surface area contributed by atoms with Gasteiger partial charge in [-0.25, -0.2) is 8.42 Å². The highest BCUT2D eigenvalue weighted by molar-refractivity contribution is 7.89. The van der Waals surface area contributed by atoms with E-state index in [-0.39, 0.29) is 10.6 Å². The standard InChI is InChI=1S/C15H15ClN2O4S/c1-11(12-5-3-7-14(9-12)18(19)20)17(2)23(21,22)15-8-4-6-13(16)10-15/h3-11H,1-2H3. The molecule has 6 nitrogen and oxygen atoms in total. The molecule has 1 unspecified atom stereocenters. The molecule has 8 heteroatoms. The molecule has 0 heterocycles. The van der Waals surface area contributed by atoms with E-state index in [1.807, 2.05) is 0 Å². The maximum atomic E-state index is 12.7. The maximum absolute atomic E-state index is 12.7. The lowest BCUT2D eigenvalue weighted by atomic mass is 10.1. The minimum atomic E-state index is -3.76. The molecule has 0 spiro atoms. The molecule has 0 bridgehead atoms. The molecule has 2 aromatic carbocycles. The normalized spacial score (nSPS) is 13.0. The number of benzene rings is 2. The highest BCUT2D eigenvalue weighted by atomic mass is 35.5. The molecule has 0 aliphatic heterocycles. The summed E-state index contributed by atoms with van der Waals surface area (Å²) < 4.78 is 26.5. The van der Waals surface area contributed by atoms with Crippen molar-refractivity contribution in [3.05, 3.63) is 69.2 Å². The molecule has 0 aromatic heterocycles. The fourth-order valence-corrected chi connectivity index (χ4v) is 3.76. The largest absolute Gasteiger partial charge is 0.269 e. The van der Waals surface area contributed by atoms with Crippen LogP contribution in [0.3, 0.4) is 0 Å². The first-order chi connectivity index (χ1) is 10.7. The molecule has 0 aliphatic carbocycles. The minimum Gasteiger partial charge on any atom is -0.258 e. The predicted molar refractivity (Wildman–Crippen MR) is 87.9 cm³/mol. The third-order valence-electron chi connectivity index (χ3n) is 3.58. The minimum absolute atomic E-state index is 0.0739. The Hall–Kier alpha value is -1.96. The molecule has 0 saturated heterocycles. The van der Waals surface area contributed by atoms with Crippen molar-refractivity contribution in [2.24, 2.45) is 0 Å². The predicted octanol–water partition coefficient (Wildman–Crippen LogP) is 3.63. The van der Waals surface area contributed by atoms with E-state index in [1.54, 1.807) is 25.1 Å². The van der Waals surface area contributed by atoms with Gasteiger partial charge in [-0.15, -0.1) is 0 Å². The van der Waals surface area contributed by atoms with Crippen LogP contribution in [0.5, 0.6) is 0 Å². The van der Waals surface area contributed by atoms with E-state index in [9.17, 15) is 18.5 Å². The summed E-state index contributed by atoms with van der Waals surface area (Å²) in [6, 6.07) is 11.3. The molecule has 122 valence electrons. The molecule has 0 amide bonds. The van der Waals surface area contributed by atoms with E-state index in [0.717, 1.165) is 4.31 Å². The summed E-state index contributed by atoms with van der Waals surface area (Å²) in [5.41, 5.74) is 0.454. The van der Waals surface area contributed by atoms with Crippen LogP contribution in [0.25, 0.3) is 0 Å². The van der Waals surface area contributed by atoms with E-state index in [0.29, 0.717) is 10.6 Å². The lowest BCUT2D eigenvalue weighted by Crippen LogP contribution is -2.29. The summed E-state index contributed by atoms with van der Waals surface area (Å²) in [4.78, 5) is 10.4. The number of rotatable bonds is 5. The first-order valence-corrected chi connectivity index (χ1v) is 8.53. The number of nitro benzene ring substituents is 1. The Morgan fingerprint density at radius 3 is 2.43 bits per heavy atom. The maximum Gasteiger partial charge on any atom is 0.269 e. The van der Waals surface area contributed by atoms with Crippen LogP contribution in [0.1, 0.15) is 18.5 Å². The zero-order valence-corrected chi connectivity index (χ0v) is 14.1. The SMILES string of the molecule is CC(c1cccc([N+](=O)[O-])c1)N(C)S(=O)(=O)c1cccc(Cl)c1. The van der Waals surface area contributed by atoms with Crippen LogP contribution >= 0.6 is 11.6 Å². The van der Waals surface area contributed by atoms with Crippen LogP contribution in [-0.2, 0) is 10.0 Å². The van der Waals surface area contributed by atoms with Gasteiger partial charge in [0.1, 0.15) is 0 Å². The highest BCUT2D eigenvalue weighted by Crippen LogP contribution is 2.28. The number of sulfonamides is 1. The Labute approximate surface area is 139 Å². The second-order valence-corrected chi connectivity index (χ2v) is 7.44. The molecule has 0 radical (unpaired) electrons. The molecule has 2 aromatic rings. The number of hydrogen-bond acceptors (Lipinski definition) is 4. The summed E-state index contributed by atoms with van der Waals surface area (Å²) in [6.07, 6.45) is 0. The van der Waals surface area contributed by atoms with Crippen LogP contribution in [0.15, 0.2) is 53.4 Å². The summed E-state index contributed by atoms with van der Waals surface area (Å²) in [7, 11) is -2.33. The molecule has 1 atom stereocenters. The fraction of sp³-hybridized carbons (Fsp3) is 0.200. The lowest BCUT2D eigenvalue weighted by Gasteiger charge is -2.24. The van der Waals surface area contributed by atoms with E-state index >= 15 is 0 Å². The van der Waals surface area contributed by atoms with Gasteiger partial charge in [0.05, 0.1) is 9.82 Å². The topological polar surface area (TPSA) is 80.5 Å². The molecule has 23 heavy (non-hydrogen) atoms. The van der Waals surface area contributed by atoms with Gasteiger partial charge in [-0.3, -0.25) is 10.1 Å². The van der Waals surface area contributed by atoms with E-state index in [1.165, 1.54) is 37.4 Å². The monoisotopic (exact) mass is 354 g/mol. The van der Waals surface area contributed by atoms with Gasteiger partial charge >= 0.3 is 0 Å². The Kier molecular flexibility index (Phi) is 5.03. The number of nitrogens with zero attached hydrogens (tertiary/aromatic N) is 2. The summed E-state index contributed by atoms with van der Waals surface area (Å²) >= 11 is 5.85. The molecule has 0 fully saturated rings. The Morgan fingerprint density at radius 1 is 1.17 bits per heavy atom. The van der Waals surface area contributed by atoms with Gasteiger partial charge in [0.2, 0.25) is 10.0 Å². The molecular formula is C15H15ClN2O4S. The van der Waals surface area contributed by atoms with Gasteiger partial charge in [-0.1, -0.05) is 29.8 Å². The van der Waals surface area contributed by atoms with Crippen molar-refractivity contribution in [1.82, 2.24) is 4.31 Å². The Morgan fingerprint density at radius 2 is 1.83 bits per heavy atom. The zero-order chi connectivity index (χ0) is 17.2. The average Bonchev–Trinajstić information content (AvgIpc) is 2.53. The van der Waals surface area contributed by atoms with Crippen molar-refractivity contribution >= 4 is 27.3 Å². The van der Waals surface area contributed by atoms with Gasteiger partial charge in [-0.2, -0.15) is 4.31 Å². The second kappa shape index (κ2) is 6.66. The number of non-ortho nitro benzene ring substituents is 1. The van der Waals surface area contributed by atoms with Gasteiger partial charge in [0, 0.05) is 30.2 Å². The van der Waals surface area contributed by atoms with E-state index in [2.05, 4.69) is 0 Å². The van der Waals surface area contributed by atoms with Crippen molar-refractivity contribution < 1.29 is 13.3 Å². The van der Waals surface area contributed by atoms with E-state index < -0.39 is 21.0 Å². The Bertz CT molecular complexity index is 839. The van der Waals surface area contributed by atoms with Crippen molar-refractivity contribution in [3.63, 3.8) is 0 Å². The molecule has 2 rings (SSSR count). The number of hydrogen-bond donors (Lipinski definition) is 0. The smallest absolute Gasteiger partial charge is 0.258 e. The van der Waals surface area contributed by atoms with Crippen LogP contribution in [0, 0.1) is 10.1 Å². The van der Waals surface area contributed by atoms with Crippen molar-refractivity contribution in [2.45, 2.75) is 17.9 Å². The molecule has 0 saturated carbocycles. The quantitative estimate of drug-likeness (QED) is 0.606. The van der Waals surface area contributed by atoms with Crippen molar-refractivity contribution in [2.75, 3.05) is 7.05 Å². The third-order valence-corrected chi connectivity index (χ3v) is 5.74. The first kappa shape index (κ1) is 17.4. The first-order valence-electron chi connectivity index (χ1n) is 6.71. The molecular weight excluding hydrogens is 340 g/mol. The van der Waals surface area contributed by atoms with Crippen molar-refractivity contribution in [1.29, 1.82) is 0 Å². The second-order valence-electron chi connectivity index (χ2n) is 5.01. The van der Waals surface area contributed by atoms with E-state index in [4.69, 9.17) is 11.6 Å². The van der Waals surface area contributed by atoms with Crippen LogP contribution in [0.2, 0.25) is 5.02 Å². The fourth-order valence-electron chi connectivity index (χ4n) is 2.11. The van der Waals surface area contributed by atoms with Gasteiger partial charge < -0.3 is 0 Å². The van der Waals surface area contributed by atoms with Crippen molar-refractivity contribution in [3.8, 4) is 0 Å². The van der Waals surface area contributed by atoms with Crippen LogP contribution in [0.4, 0.5) is 5.69 Å². The highest BCUT2D eigenvalue weighted by Gasteiger charge is 2.27. The average molecular weight is 355 g/mol. The van der Waals surface area contributed by atoms with Gasteiger partial charge in [-0.05, 0) is 30.7 Å². The summed E-state index contributed by atoms with van der Waals surface area (Å²) in [5.74, 6) is 0. The van der Waals surface area contributed by atoms with Crippen LogP contribution < -0.4 is 0 Å².